The lowest BCUT2D eigenvalue weighted by Gasteiger charge is -2.25. The summed E-state index contributed by atoms with van der Waals surface area (Å²) in [4.78, 5) is 25.4. The first-order valence-electron chi connectivity index (χ1n) is 10.3. The van der Waals surface area contributed by atoms with Crippen LogP contribution in [0.3, 0.4) is 0 Å². The number of carbonyl (C=O) groups excluding carboxylic acids is 1. The molecule has 2 heterocycles. The third-order valence-electron chi connectivity index (χ3n) is 5.23. The molecule has 1 aliphatic rings. The first-order chi connectivity index (χ1) is 15.3. The summed E-state index contributed by atoms with van der Waals surface area (Å²) in [5, 5.41) is 7.28. The van der Waals surface area contributed by atoms with Crippen molar-refractivity contribution in [3.63, 3.8) is 0 Å². The van der Waals surface area contributed by atoms with Gasteiger partial charge in [0.25, 0.3) is 5.56 Å². The molecule has 0 atom stereocenters. The number of rotatable bonds is 7. The van der Waals surface area contributed by atoms with Crippen LogP contribution in [0.4, 0.5) is 0 Å². The van der Waals surface area contributed by atoms with E-state index < -0.39 is 5.54 Å². The number of hydrogen-bond acceptors (Lipinski definition) is 6. The van der Waals surface area contributed by atoms with E-state index in [4.69, 9.17) is 14.2 Å². The van der Waals surface area contributed by atoms with Crippen molar-refractivity contribution in [2.24, 2.45) is 0 Å². The van der Waals surface area contributed by atoms with Crippen LogP contribution in [-0.2, 0) is 10.3 Å². The van der Waals surface area contributed by atoms with Crippen molar-refractivity contribution in [1.29, 1.82) is 0 Å². The number of ether oxygens (including phenoxy) is 3. The maximum Gasteiger partial charge on any atom is 0.267 e. The van der Waals surface area contributed by atoms with Gasteiger partial charge >= 0.3 is 0 Å². The highest BCUT2D eigenvalue weighted by molar-refractivity contribution is 5.83. The highest BCUT2D eigenvalue weighted by atomic mass is 16.7. The van der Waals surface area contributed by atoms with Crippen molar-refractivity contribution in [2.75, 3.05) is 19.9 Å². The lowest BCUT2D eigenvalue weighted by molar-refractivity contribution is -0.129. The van der Waals surface area contributed by atoms with Crippen LogP contribution < -0.4 is 25.1 Å². The zero-order chi connectivity index (χ0) is 22.7. The molecule has 0 spiro atoms. The van der Waals surface area contributed by atoms with E-state index in [-0.39, 0.29) is 18.3 Å². The fourth-order valence-corrected chi connectivity index (χ4v) is 3.30. The SMILES string of the molecule is Cc1ccc(OCCNC(=O)C(C)(C)n2nc(-c3ccc4c(c3)OCO4)ccc2=O)cc1. The summed E-state index contributed by atoms with van der Waals surface area (Å²) in [6.07, 6.45) is 0. The molecule has 3 aromatic rings. The highest BCUT2D eigenvalue weighted by Gasteiger charge is 2.32. The minimum Gasteiger partial charge on any atom is -0.492 e. The predicted molar refractivity (Wildman–Crippen MR) is 119 cm³/mol. The zero-order valence-corrected chi connectivity index (χ0v) is 18.3. The van der Waals surface area contributed by atoms with E-state index >= 15 is 0 Å². The summed E-state index contributed by atoms with van der Waals surface area (Å²) in [7, 11) is 0. The summed E-state index contributed by atoms with van der Waals surface area (Å²) < 4.78 is 17.6. The first-order valence-corrected chi connectivity index (χ1v) is 10.3. The van der Waals surface area contributed by atoms with E-state index in [0.29, 0.717) is 30.3 Å². The first kappa shape index (κ1) is 21.4. The Morgan fingerprint density at radius 3 is 2.62 bits per heavy atom. The Morgan fingerprint density at radius 1 is 1.09 bits per heavy atom. The summed E-state index contributed by atoms with van der Waals surface area (Å²) in [6.45, 7) is 6.09. The van der Waals surface area contributed by atoms with Gasteiger partial charge in [-0.05, 0) is 57.2 Å². The second kappa shape index (κ2) is 8.74. The Hall–Kier alpha value is -3.81. The Bertz CT molecular complexity index is 1180. The van der Waals surface area contributed by atoms with E-state index in [9.17, 15) is 9.59 Å². The van der Waals surface area contributed by atoms with Gasteiger partial charge in [-0.25, -0.2) is 4.68 Å². The number of benzene rings is 2. The van der Waals surface area contributed by atoms with Crippen molar-refractivity contribution in [3.05, 3.63) is 70.5 Å². The number of hydrogen-bond donors (Lipinski definition) is 1. The summed E-state index contributed by atoms with van der Waals surface area (Å²) >= 11 is 0. The largest absolute Gasteiger partial charge is 0.492 e. The summed E-state index contributed by atoms with van der Waals surface area (Å²) in [6, 6.07) is 16.1. The van der Waals surface area contributed by atoms with Gasteiger partial charge in [-0.15, -0.1) is 0 Å². The van der Waals surface area contributed by atoms with Crippen molar-refractivity contribution in [1.82, 2.24) is 15.1 Å². The fourth-order valence-electron chi connectivity index (χ4n) is 3.30. The molecule has 1 amide bonds. The number of nitrogens with one attached hydrogen (secondary N) is 1. The Morgan fingerprint density at radius 2 is 1.84 bits per heavy atom. The van der Waals surface area contributed by atoms with Gasteiger partial charge in [-0.3, -0.25) is 9.59 Å². The second-order valence-corrected chi connectivity index (χ2v) is 8.01. The normalized spacial score (nSPS) is 12.5. The number of aryl methyl sites for hydroxylation is 1. The molecular formula is C24H25N3O5. The number of carbonyl (C=O) groups is 1. The minimum absolute atomic E-state index is 0.173. The molecule has 32 heavy (non-hydrogen) atoms. The maximum absolute atomic E-state index is 12.9. The van der Waals surface area contributed by atoms with Crippen molar-refractivity contribution < 1.29 is 19.0 Å². The van der Waals surface area contributed by atoms with E-state index in [1.165, 1.54) is 10.7 Å². The smallest absolute Gasteiger partial charge is 0.267 e. The van der Waals surface area contributed by atoms with Crippen molar-refractivity contribution in [3.8, 4) is 28.5 Å². The molecule has 166 valence electrons. The Kier molecular flexibility index (Phi) is 5.85. The number of amides is 1. The number of aromatic nitrogens is 2. The third kappa shape index (κ3) is 4.44. The van der Waals surface area contributed by atoms with Gasteiger partial charge in [-0.2, -0.15) is 5.10 Å². The van der Waals surface area contributed by atoms with E-state index in [1.807, 2.05) is 37.3 Å². The molecule has 0 aliphatic carbocycles. The molecule has 8 nitrogen and oxygen atoms in total. The quantitative estimate of drug-likeness (QED) is 0.574. The number of fused-ring (bicyclic) bond motifs is 1. The summed E-state index contributed by atoms with van der Waals surface area (Å²) in [5.74, 6) is 1.68. The molecule has 4 rings (SSSR count). The van der Waals surface area contributed by atoms with Gasteiger partial charge in [0.1, 0.15) is 17.9 Å². The van der Waals surface area contributed by atoms with Crippen LogP contribution in [0, 0.1) is 6.92 Å². The maximum atomic E-state index is 12.9. The van der Waals surface area contributed by atoms with Crippen LogP contribution in [-0.4, -0.2) is 35.6 Å². The molecule has 1 aromatic heterocycles. The van der Waals surface area contributed by atoms with Gasteiger partial charge < -0.3 is 19.5 Å². The van der Waals surface area contributed by atoms with E-state index in [0.717, 1.165) is 16.9 Å². The molecule has 2 aromatic carbocycles. The Labute approximate surface area is 185 Å². The number of nitrogens with zero attached hydrogens (tertiary/aromatic N) is 2. The molecule has 0 radical (unpaired) electrons. The summed E-state index contributed by atoms with van der Waals surface area (Å²) in [5.41, 5.74) is 0.879. The van der Waals surface area contributed by atoms with E-state index in [1.54, 1.807) is 32.0 Å². The molecule has 0 fully saturated rings. The topological polar surface area (TPSA) is 91.7 Å². The van der Waals surface area contributed by atoms with Gasteiger partial charge in [0, 0.05) is 11.6 Å². The van der Waals surface area contributed by atoms with Crippen LogP contribution in [0.1, 0.15) is 19.4 Å². The van der Waals surface area contributed by atoms with Crippen molar-refractivity contribution >= 4 is 5.91 Å². The zero-order valence-electron chi connectivity index (χ0n) is 18.3. The molecule has 1 aliphatic heterocycles. The van der Waals surface area contributed by atoms with Crippen LogP contribution in [0.5, 0.6) is 17.2 Å². The Balaban J connectivity index is 1.45. The molecule has 0 saturated heterocycles. The molecule has 0 unspecified atom stereocenters. The van der Waals surface area contributed by atoms with Gasteiger partial charge in [-0.1, -0.05) is 17.7 Å². The fraction of sp³-hybridized carbons (Fsp3) is 0.292. The predicted octanol–water partition coefficient (Wildman–Crippen LogP) is 2.88. The van der Waals surface area contributed by atoms with Crippen LogP contribution in [0.2, 0.25) is 0 Å². The van der Waals surface area contributed by atoms with Gasteiger partial charge in [0.15, 0.2) is 11.5 Å². The monoisotopic (exact) mass is 435 g/mol. The molecule has 0 bridgehead atoms. The van der Waals surface area contributed by atoms with Crippen LogP contribution in [0.15, 0.2) is 59.4 Å². The molecular weight excluding hydrogens is 410 g/mol. The average Bonchev–Trinajstić information content (AvgIpc) is 3.26. The lowest BCUT2D eigenvalue weighted by Crippen LogP contribution is -2.50. The molecule has 1 N–H and O–H groups in total. The minimum atomic E-state index is -1.20. The van der Waals surface area contributed by atoms with Crippen molar-refractivity contribution in [2.45, 2.75) is 26.3 Å². The van der Waals surface area contributed by atoms with Crippen LogP contribution >= 0.6 is 0 Å². The lowest BCUT2D eigenvalue weighted by atomic mass is 10.0. The molecule has 0 saturated carbocycles. The van der Waals surface area contributed by atoms with Gasteiger partial charge in [0.05, 0.1) is 12.2 Å². The molecule has 8 heteroatoms. The highest BCUT2D eigenvalue weighted by Crippen LogP contribution is 2.35. The standard InChI is InChI=1S/C24H25N3O5/c1-16-4-7-18(8-5-16)30-13-12-25-23(29)24(2,3)27-22(28)11-9-19(26-27)17-6-10-20-21(14-17)32-15-31-20/h4-11,14H,12-13,15H2,1-3H3,(H,25,29). The van der Waals surface area contributed by atoms with E-state index in [2.05, 4.69) is 10.4 Å². The van der Waals surface area contributed by atoms with Crippen LogP contribution in [0.25, 0.3) is 11.3 Å². The average molecular weight is 435 g/mol. The third-order valence-corrected chi connectivity index (χ3v) is 5.23. The second-order valence-electron chi connectivity index (χ2n) is 8.01. The van der Waals surface area contributed by atoms with Gasteiger partial charge in [0.2, 0.25) is 12.7 Å².